The summed E-state index contributed by atoms with van der Waals surface area (Å²) in [5, 5.41) is 0. The maximum Gasteiger partial charge on any atom is 0.475 e. The van der Waals surface area contributed by atoms with Crippen LogP contribution in [0.15, 0.2) is 73.3 Å². The van der Waals surface area contributed by atoms with Crippen LogP contribution in [0.4, 0.5) is 0 Å². The summed E-state index contributed by atoms with van der Waals surface area (Å²) in [6, 6.07) is 19.2. The minimum atomic E-state index is -3.68. The van der Waals surface area contributed by atoms with Gasteiger partial charge in [0, 0.05) is 0 Å². The number of unbranched alkanes of at least 4 members (excludes halogenated alkanes) is 7. The molecule has 198 valence electrons. The fraction of sp³-hybridized carbons (Fsp3) is 0.483. The molecular weight excluding hydrogens is 475 g/mol. The van der Waals surface area contributed by atoms with Crippen molar-refractivity contribution in [3.8, 4) is 0 Å². The van der Waals surface area contributed by atoms with Crippen LogP contribution in [0.25, 0.3) is 0 Å². The summed E-state index contributed by atoms with van der Waals surface area (Å²) < 4.78 is 35.4. The van der Waals surface area contributed by atoms with E-state index in [-0.39, 0.29) is 25.1 Å². The van der Waals surface area contributed by atoms with Crippen LogP contribution >= 0.6 is 7.82 Å². The second kappa shape index (κ2) is 18.1. The molecule has 7 heteroatoms. The van der Waals surface area contributed by atoms with E-state index in [0.29, 0.717) is 13.2 Å². The van der Waals surface area contributed by atoms with Gasteiger partial charge in [0.05, 0.1) is 32.3 Å². The topological polar surface area (TPSA) is 71.1 Å². The standard InChI is InChI=1S/C29H41O6P/c1-3-26(2)29(30)32-22-16-8-6-4-5-7-9-17-23-33-36(31,34-24-27-18-12-10-13-19-27)35-25-28-20-14-11-15-21-28/h3,10-15,18-21,26H,1,4-9,16-17,22-25H2,2H3. The van der Waals surface area contributed by atoms with Crippen LogP contribution in [0.1, 0.15) is 69.4 Å². The van der Waals surface area contributed by atoms with Crippen molar-refractivity contribution in [2.45, 2.75) is 71.5 Å². The number of phosphoric ester groups is 1. The normalized spacial score (nSPS) is 12.2. The molecule has 0 saturated heterocycles. The Morgan fingerprint density at radius 3 is 1.67 bits per heavy atom. The van der Waals surface area contributed by atoms with Crippen molar-refractivity contribution in [2.75, 3.05) is 13.2 Å². The number of rotatable bonds is 20. The van der Waals surface area contributed by atoms with Gasteiger partial charge in [0.1, 0.15) is 0 Å². The van der Waals surface area contributed by atoms with Crippen LogP contribution in [0.3, 0.4) is 0 Å². The van der Waals surface area contributed by atoms with Crippen LogP contribution in [0.5, 0.6) is 0 Å². The van der Waals surface area contributed by atoms with Gasteiger partial charge in [0.2, 0.25) is 0 Å². The molecule has 0 saturated carbocycles. The monoisotopic (exact) mass is 516 g/mol. The van der Waals surface area contributed by atoms with E-state index in [1.807, 2.05) is 60.7 Å². The molecule has 2 aromatic rings. The Kier molecular flexibility index (Phi) is 15.1. The summed E-state index contributed by atoms with van der Waals surface area (Å²) in [5.41, 5.74) is 1.82. The summed E-state index contributed by atoms with van der Waals surface area (Å²) in [4.78, 5) is 11.6. The van der Waals surface area contributed by atoms with Crippen molar-refractivity contribution in [3.63, 3.8) is 0 Å². The number of carbonyl (C=O) groups is 1. The maximum absolute atomic E-state index is 13.2. The molecule has 6 nitrogen and oxygen atoms in total. The molecule has 0 fully saturated rings. The van der Waals surface area contributed by atoms with Crippen LogP contribution in [0.2, 0.25) is 0 Å². The first-order valence-corrected chi connectivity index (χ1v) is 14.4. The molecule has 0 aliphatic rings. The third-order valence-electron chi connectivity index (χ3n) is 5.72. The Labute approximate surface area is 216 Å². The zero-order chi connectivity index (χ0) is 25.9. The summed E-state index contributed by atoms with van der Waals surface area (Å²) in [6.45, 7) is 6.53. The van der Waals surface area contributed by atoms with E-state index in [9.17, 15) is 9.36 Å². The lowest BCUT2D eigenvalue weighted by atomic mass is 10.1. The highest BCUT2D eigenvalue weighted by Crippen LogP contribution is 2.51. The Hall–Kier alpha value is -2.24. The van der Waals surface area contributed by atoms with Crippen LogP contribution in [-0.2, 0) is 40.9 Å². The zero-order valence-corrected chi connectivity index (χ0v) is 22.4. The average molecular weight is 517 g/mol. The predicted octanol–water partition coefficient (Wildman–Crippen LogP) is 8.03. The molecule has 2 rings (SSSR count). The van der Waals surface area contributed by atoms with Gasteiger partial charge in [0.15, 0.2) is 0 Å². The average Bonchev–Trinajstić information content (AvgIpc) is 2.92. The smallest absolute Gasteiger partial charge is 0.465 e. The van der Waals surface area contributed by atoms with Crippen molar-refractivity contribution < 1.29 is 27.7 Å². The van der Waals surface area contributed by atoms with E-state index in [2.05, 4.69) is 6.58 Å². The molecule has 36 heavy (non-hydrogen) atoms. The van der Waals surface area contributed by atoms with Crippen molar-refractivity contribution in [3.05, 3.63) is 84.4 Å². The SMILES string of the molecule is C=CC(C)C(=O)OCCCCCCCCCCOP(=O)(OCc1ccccc1)OCc1ccccc1. The lowest BCUT2D eigenvalue weighted by Crippen LogP contribution is -2.13. The molecule has 0 aromatic heterocycles. The fourth-order valence-corrected chi connectivity index (χ4v) is 4.60. The van der Waals surface area contributed by atoms with E-state index >= 15 is 0 Å². The lowest BCUT2D eigenvalue weighted by Gasteiger charge is -2.18. The Morgan fingerprint density at radius 2 is 1.19 bits per heavy atom. The number of carbonyl (C=O) groups excluding carboxylic acids is 1. The number of ether oxygens (including phenoxy) is 1. The molecule has 0 bridgehead atoms. The first-order chi connectivity index (χ1) is 17.5. The van der Waals surface area contributed by atoms with Crippen molar-refractivity contribution in [1.29, 1.82) is 0 Å². The molecule has 0 aliphatic carbocycles. The second-order valence-electron chi connectivity index (χ2n) is 8.82. The van der Waals surface area contributed by atoms with Gasteiger partial charge < -0.3 is 4.74 Å². The molecular formula is C29H41O6P. The Bertz CT molecular complexity index is 855. The highest BCUT2D eigenvalue weighted by molar-refractivity contribution is 7.48. The van der Waals surface area contributed by atoms with Gasteiger partial charge in [-0.1, -0.05) is 105 Å². The zero-order valence-electron chi connectivity index (χ0n) is 21.5. The maximum atomic E-state index is 13.2. The first-order valence-electron chi connectivity index (χ1n) is 12.9. The van der Waals surface area contributed by atoms with E-state index in [0.717, 1.165) is 62.5 Å². The quantitative estimate of drug-likeness (QED) is 0.0768. The molecule has 0 spiro atoms. The van der Waals surface area contributed by atoms with E-state index in [4.69, 9.17) is 18.3 Å². The number of hydrogen-bond acceptors (Lipinski definition) is 6. The third kappa shape index (κ3) is 13.2. The third-order valence-corrected chi connectivity index (χ3v) is 7.11. The van der Waals surface area contributed by atoms with Gasteiger partial charge in [0.25, 0.3) is 0 Å². The molecule has 0 heterocycles. The largest absolute Gasteiger partial charge is 0.475 e. The molecule has 0 N–H and O–H groups in total. The molecule has 1 unspecified atom stereocenters. The highest BCUT2D eigenvalue weighted by atomic mass is 31.2. The van der Waals surface area contributed by atoms with Gasteiger partial charge in [-0.05, 0) is 30.9 Å². The first kappa shape index (κ1) is 30.0. The van der Waals surface area contributed by atoms with E-state index in [1.54, 1.807) is 13.0 Å². The van der Waals surface area contributed by atoms with Gasteiger partial charge >= 0.3 is 13.8 Å². The van der Waals surface area contributed by atoms with Crippen LogP contribution in [0, 0.1) is 5.92 Å². The number of hydrogen-bond donors (Lipinski definition) is 0. The highest BCUT2D eigenvalue weighted by Gasteiger charge is 2.26. The molecule has 2 aromatic carbocycles. The number of phosphoric acid groups is 1. The summed E-state index contributed by atoms with van der Waals surface area (Å²) >= 11 is 0. The number of benzene rings is 2. The van der Waals surface area contributed by atoms with Gasteiger partial charge in [-0.25, -0.2) is 4.57 Å². The fourth-order valence-electron chi connectivity index (χ4n) is 3.41. The summed E-state index contributed by atoms with van der Waals surface area (Å²) in [5.74, 6) is -0.443. The van der Waals surface area contributed by atoms with Crippen molar-refractivity contribution in [1.82, 2.24) is 0 Å². The molecule has 0 amide bonds. The molecule has 0 aliphatic heterocycles. The van der Waals surface area contributed by atoms with Crippen LogP contribution in [-0.4, -0.2) is 19.2 Å². The van der Waals surface area contributed by atoms with Crippen molar-refractivity contribution in [2.24, 2.45) is 5.92 Å². The van der Waals surface area contributed by atoms with Gasteiger partial charge in [-0.2, -0.15) is 0 Å². The predicted molar refractivity (Wildman–Crippen MR) is 143 cm³/mol. The van der Waals surface area contributed by atoms with E-state index < -0.39 is 7.82 Å². The minimum Gasteiger partial charge on any atom is -0.465 e. The van der Waals surface area contributed by atoms with Crippen molar-refractivity contribution >= 4 is 13.8 Å². The van der Waals surface area contributed by atoms with Gasteiger partial charge in [-0.3, -0.25) is 18.4 Å². The Morgan fingerprint density at radius 1 is 0.750 bits per heavy atom. The van der Waals surface area contributed by atoms with Crippen LogP contribution < -0.4 is 0 Å². The number of esters is 1. The summed E-state index contributed by atoms with van der Waals surface area (Å²) in [7, 11) is -3.68. The minimum absolute atomic E-state index is 0.166. The molecule has 0 radical (unpaired) electrons. The Balaban J connectivity index is 1.59. The lowest BCUT2D eigenvalue weighted by molar-refractivity contribution is -0.146. The van der Waals surface area contributed by atoms with Gasteiger partial charge in [-0.15, -0.1) is 6.58 Å². The summed E-state index contributed by atoms with van der Waals surface area (Å²) in [6.07, 6.45) is 9.85. The van der Waals surface area contributed by atoms with E-state index in [1.165, 1.54) is 0 Å². The molecule has 1 atom stereocenters. The second-order valence-corrected chi connectivity index (χ2v) is 10.5.